The maximum Gasteiger partial charge on any atom is 0.138 e. The van der Waals surface area contributed by atoms with E-state index in [0.717, 1.165) is 0 Å². The Labute approximate surface area is 74.0 Å². The fraction of sp³-hybridized carbons (Fsp3) is 0.889. The molecular weight excluding hydrogens is 156 g/mol. The topological polar surface area (TPSA) is 35.5 Å². The van der Waals surface area contributed by atoms with Crippen molar-refractivity contribution >= 4 is 5.78 Å². The van der Waals surface area contributed by atoms with Gasteiger partial charge in [-0.05, 0) is 13.8 Å². The van der Waals surface area contributed by atoms with Crippen molar-refractivity contribution in [3.63, 3.8) is 0 Å². The summed E-state index contributed by atoms with van der Waals surface area (Å²) in [6.07, 6.45) is 0.983. The van der Waals surface area contributed by atoms with Crippen LogP contribution < -0.4 is 0 Å². The number of rotatable bonds is 6. The summed E-state index contributed by atoms with van der Waals surface area (Å²) in [6.45, 7) is 3.77. The molecule has 12 heavy (non-hydrogen) atoms. The lowest BCUT2D eigenvalue weighted by Gasteiger charge is -2.11. The van der Waals surface area contributed by atoms with Crippen LogP contribution in [0.2, 0.25) is 0 Å². The molecule has 3 heteroatoms. The Morgan fingerprint density at radius 2 is 1.42 bits per heavy atom. The first-order valence-corrected chi connectivity index (χ1v) is 4.17. The summed E-state index contributed by atoms with van der Waals surface area (Å²) in [5, 5.41) is 0. The fourth-order valence-electron chi connectivity index (χ4n) is 0.891. The third kappa shape index (κ3) is 5.27. The summed E-state index contributed by atoms with van der Waals surface area (Å²) in [6, 6.07) is 0. The van der Waals surface area contributed by atoms with E-state index in [1.807, 2.05) is 13.8 Å². The van der Waals surface area contributed by atoms with Crippen LogP contribution in [0.5, 0.6) is 0 Å². The van der Waals surface area contributed by atoms with Gasteiger partial charge in [-0.25, -0.2) is 0 Å². The van der Waals surface area contributed by atoms with Crippen LogP contribution >= 0.6 is 0 Å². The van der Waals surface area contributed by atoms with Crippen molar-refractivity contribution in [1.29, 1.82) is 0 Å². The molecule has 0 spiro atoms. The van der Waals surface area contributed by atoms with Crippen molar-refractivity contribution in [3.05, 3.63) is 0 Å². The predicted molar refractivity (Wildman–Crippen MR) is 47.2 cm³/mol. The number of ketones is 1. The zero-order valence-electron chi connectivity index (χ0n) is 8.29. The smallest absolute Gasteiger partial charge is 0.138 e. The Balaban J connectivity index is 3.59. The third-order valence-electron chi connectivity index (χ3n) is 1.83. The fourth-order valence-corrected chi connectivity index (χ4v) is 0.891. The molecule has 0 aliphatic heterocycles. The Kier molecular flexibility index (Phi) is 5.93. The first-order chi connectivity index (χ1) is 5.60. The number of carbonyl (C=O) groups excluding carboxylic acids is 1. The molecule has 72 valence electrons. The normalized spacial score (nSPS) is 15.7. The second-order valence-corrected chi connectivity index (χ2v) is 3.04. The minimum absolute atomic E-state index is 0.0153. The summed E-state index contributed by atoms with van der Waals surface area (Å²) < 4.78 is 9.95. The van der Waals surface area contributed by atoms with Gasteiger partial charge >= 0.3 is 0 Å². The maximum absolute atomic E-state index is 11.2. The molecule has 2 atom stereocenters. The van der Waals surface area contributed by atoms with Gasteiger partial charge in [0.15, 0.2) is 0 Å². The van der Waals surface area contributed by atoms with E-state index >= 15 is 0 Å². The van der Waals surface area contributed by atoms with E-state index in [1.54, 1.807) is 14.2 Å². The van der Waals surface area contributed by atoms with E-state index < -0.39 is 0 Å². The third-order valence-corrected chi connectivity index (χ3v) is 1.83. The summed E-state index contributed by atoms with van der Waals surface area (Å²) in [7, 11) is 3.22. The average molecular weight is 174 g/mol. The number of hydrogen-bond acceptors (Lipinski definition) is 3. The molecule has 3 nitrogen and oxygen atoms in total. The first kappa shape index (κ1) is 11.6. The maximum atomic E-state index is 11.2. The molecule has 2 unspecified atom stereocenters. The summed E-state index contributed by atoms with van der Waals surface area (Å²) in [5.41, 5.74) is 0. The SMILES string of the molecule is COC(C)CC(=O)CC(C)OC. The zero-order valence-corrected chi connectivity index (χ0v) is 8.29. The summed E-state index contributed by atoms with van der Waals surface area (Å²) in [5.74, 6) is 0.193. The average Bonchev–Trinajstić information content (AvgIpc) is 2.03. The van der Waals surface area contributed by atoms with Crippen LogP contribution in [0.4, 0.5) is 0 Å². The second kappa shape index (κ2) is 6.14. The highest BCUT2D eigenvalue weighted by Crippen LogP contribution is 2.03. The number of ether oxygens (including phenoxy) is 2. The van der Waals surface area contributed by atoms with Crippen LogP contribution in [0.25, 0.3) is 0 Å². The molecule has 0 heterocycles. The molecule has 0 saturated carbocycles. The van der Waals surface area contributed by atoms with E-state index in [9.17, 15) is 4.79 Å². The van der Waals surface area contributed by atoms with Crippen molar-refractivity contribution in [3.8, 4) is 0 Å². The van der Waals surface area contributed by atoms with Gasteiger partial charge in [-0.2, -0.15) is 0 Å². The van der Waals surface area contributed by atoms with E-state index in [2.05, 4.69) is 0 Å². The molecular formula is C9H18O3. The van der Waals surface area contributed by atoms with E-state index in [0.29, 0.717) is 12.8 Å². The molecule has 0 aromatic heterocycles. The van der Waals surface area contributed by atoms with E-state index in [4.69, 9.17) is 9.47 Å². The Morgan fingerprint density at radius 1 is 1.08 bits per heavy atom. The van der Waals surface area contributed by atoms with E-state index in [-0.39, 0.29) is 18.0 Å². The van der Waals surface area contributed by atoms with Crippen LogP contribution in [0.1, 0.15) is 26.7 Å². The highest BCUT2D eigenvalue weighted by Gasteiger charge is 2.11. The number of carbonyl (C=O) groups is 1. The molecule has 0 rings (SSSR count). The lowest BCUT2D eigenvalue weighted by Crippen LogP contribution is -2.17. The second-order valence-electron chi connectivity index (χ2n) is 3.04. The predicted octanol–water partition coefficient (Wildman–Crippen LogP) is 1.41. The lowest BCUT2D eigenvalue weighted by atomic mass is 10.1. The molecule has 0 N–H and O–H groups in total. The van der Waals surface area contributed by atoms with Crippen LogP contribution in [0.15, 0.2) is 0 Å². The molecule has 0 aromatic rings. The Hall–Kier alpha value is -0.410. The monoisotopic (exact) mass is 174 g/mol. The van der Waals surface area contributed by atoms with Gasteiger partial charge in [-0.3, -0.25) is 4.79 Å². The van der Waals surface area contributed by atoms with Crippen molar-refractivity contribution in [2.75, 3.05) is 14.2 Å². The van der Waals surface area contributed by atoms with Crippen LogP contribution in [-0.2, 0) is 14.3 Å². The summed E-state index contributed by atoms with van der Waals surface area (Å²) >= 11 is 0. The van der Waals surface area contributed by atoms with Gasteiger partial charge in [0.1, 0.15) is 5.78 Å². The molecule has 0 aliphatic rings. The van der Waals surface area contributed by atoms with Crippen molar-refractivity contribution < 1.29 is 14.3 Å². The quantitative estimate of drug-likeness (QED) is 0.610. The highest BCUT2D eigenvalue weighted by molar-refractivity contribution is 5.79. The molecule has 0 aromatic carbocycles. The number of hydrogen-bond donors (Lipinski definition) is 0. The van der Waals surface area contributed by atoms with Crippen molar-refractivity contribution in [2.24, 2.45) is 0 Å². The highest BCUT2D eigenvalue weighted by atomic mass is 16.5. The largest absolute Gasteiger partial charge is 0.381 e. The summed E-state index contributed by atoms with van der Waals surface area (Å²) in [4.78, 5) is 11.2. The van der Waals surface area contributed by atoms with E-state index in [1.165, 1.54) is 0 Å². The standard InChI is InChI=1S/C9H18O3/c1-7(11-3)5-9(10)6-8(2)12-4/h7-8H,5-6H2,1-4H3. The van der Waals surface area contributed by atoms with Gasteiger partial charge in [0.2, 0.25) is 0 Å². The first-order valence-electron chi connectivity index (χ1n) is 4.17. The molecule has 0 amide bonds. The van der Waals surface area contributed by atoms with Crippen molar-refractivity contribution in [1.82, 2.24) is 0 Å². The van der Waals surface area contributed by atoms with Crippen molar-refractivity contribution in [2.45, 2.75) is 38.9 Å². The zero-order chi connectivity index (χ0) is 9.56. The number of Topliss-reactive ketones (excluding diaryl/α,β-unsaturated/α-hetero) is 1. The van der Waals surface area contributed by atoms with Gasteiger partial charge in [-0.1, -0.05) is 0 Å². The van der Waals surface area contributed by atoms with Crippen LogP contribution in [0, 0.1) is 0 Å². The minimum atomic E-state index is 0.0153. The Morgan fingerprint density at radius 3 is 1.67 bits per heavy atom. The van der Waals surface area contributed by atoms with Gasteiger partial charge in [0, 0.05) is 27.1 Å². The molecule has 0 bridgehead atoms. The molecule has 0 fully saturated rings. The lowest BCUT2D eigenvalue weighted by molar-refractivity contribution is -0.123. The Bertz CT molecular complexity index is 120. The molecule has 0 saturated heterocycles. The van der Waals surface area contributed by atoms with Gasteiger partial charge in [0.05, 0.1) is 12.2 Å². The molecule has 0 aliphatic carbocycles. The number of methoxy groups -OCH3 is 2. The van der Waals surface area contributed by atoms with Gasteiger partial charge in [-0.15, -0.1) is 0 Å². The van der Waals surface area contributed by atoms with Gasteiger partial charge < -0.3 is 9.47 Å². The van der Waals surface area contributed by atoms with Crippen LogP contribution in [-0.4, -0.2) is 32.2 Å². The minimum Gasteiger partial charge on any atom is -0.381 e. The van der Waals surface area contributed by atoms with Crippen LogP contribution in [0.3, 0.4) is 0 Å². The van der Waals surface area contributed by atoms with Gasteiger partial charge in [0.25, 0.3) is 0 Å². The molecule has 0 radical (unpaired) electrons.